The quantitative estimate of drug-likeness (QED) is 0.0864. The Hall–Kier alpha value is -0.790. The van der Waals surface area contributed by atoms with Crippen molar-refractivity contribution in [1.29, 1.82) is 0 Å². The predicted octanol–water partition coefficient (Wildman–Crippen LogP) is 11.2. The van der Waals surface area contributed by atoms with Gasteiger partial charge in [-0.3, -0.25) is 4.79 Å². The van der Waals surface area contributed by atoms with Crippen molar-refractivity contribution in [3.05, 3.63) is 12.3 Å². The van der Waals surface area contributed by atoms with E-state index in [1.165, 1.54) is 116 Å². The number of hydrogen-bond acceptors (Lipinski definition) is 2. The average molecular weight is 505 g/mol. The molecule has 2 heteroatoms. The minimum absolute atomic E-state index is 0.148. The van der Waals surface area contributed by atoms with Crippen LogP contribution in [0.4, 0.5) is 0 Å². The molecule has 1 fully saturated rings. The number of carbonyl (C=O) groups excluding carboxylic acids is 1. The van der Waals surface area contributed by atoms with E-state index in [0.717, 1.165) is 31.8 Å². The number of rotatable bonds is 26. The van der Waals surface area contributed by atoms with Gasteiger partial charge in [0.1, 0.15) is 5.78 Å². The summed E-state index contributed by atoms with van der Waals surface area (Å²) in [6.07, 6.45) is 31.2. The summed E-state index contributed by atoms with van der Waals surface area (Å²) in [7, 11) is 0. The lowest BCUT2D eigenvalue weighted by atomic mass is 9.79. The van der Waals surface area contributed by atoms with Gasteiger partial charge in [-0.05, 0) is 37.5 Å². The number of allylic oxidation sites excluding steroid dienone is 1. The van der Waals surface area contributed by atoms with Crippen molar-refractivity contribution < 1.29 is 9.53 Å². The van der Waals surface area contributed by atoms with Crippen LogP contribution >= 0.6 is 0 Å². The Balaban J connectivity index is 2.38. The van der Waals surface area contributed by atoms with E-state index in [0.29, 0.717) is 17.6 Å². The zero-order chi connectivity index (χ0) is 26.5. The highest BCUT2D eigenvalue weighted by Gasteiger charge is 2.50. The molecular weight excluding hydrogens is 440 g/mol. The van der Waals surface area contributed by atoms with Crippen LogP contribution in [0.2, 0.25) is 0 Å². The van der Waals surface area contributed by atoms with E-state index in [2.05, 4.69) is 40.7 Å². The third kappa shape index (κ3) is 15.5. The molecule has 0 bridgehead atoms. The first kappa shape index (κ1) is 33.2. The molecule has 1 aliphatic rings. The highest BCUT2D eigenvalue weighted by molar-refractivity contribution is 5.88. The van der Waals surface area contributed by atoms with Crippen molar-refractivity contribution in [3.63, 3.8) is 0 Å². The molecule has 0 spiro atoms. The van der Waals surface area contributed by atoms with Gasteiger partial charge in [0.05, 0.1) is 12.9 Å². The molecule has 0 aromatic heterocycles. The second-order valence-electron chi connectivity index (χ2n) is 12.4. The fourth-order valence-electron chi connectivity index (χ4n) is 5.95. The third-order valence-corrected chi connectivity index (χ3v) is 8.55. The Bertz CT molecular complexity index is 533. The summed E-state index contributed by atoms with van der Waals surface area (Å²) in [5.74, 6) is 2.44. The van der Waals surface area contributed by atoms with Crippen molar-refractivity contribution in [2.75, 3.05) is 6.61 Å². The van der Waals surface area contributed by atoms with Crippen molar-refractivity contribution in [3.8, 4) is 0 Å². The van der Waals surface area contributed by atoms with Crippen LogP contribution in [0.5, 0.6) is 0 Å². The fraction of sp³-hybridized carbons (Fsp3) is 0.912. The summed E-state index contributed by atoms with van der Waals surface area (Å²) in [5.41, 5.74) is -0.148. The van der Waals surface area contributed by atoms with Gasteiger partial charge in [-0.2, -0.15) is 0 Å². The van der Waals surface area contributed by atoms with Gasteiger partial charge in [0, 0.05) is 11.3 Å². The maximum Gasteiger partial charge on any atom is 0.141 e. The van der Waals surface area contributed by atoms with Crippen LogP contribution < -0.4 is 0 Å². The number of unbranched alkanes of at least 4 members (excludes halogenated alkanes) is 13. The summed E-state index contributed by atoms with van der Waals surface area (Å²) in [6.45, 7) is 12.0. The number of carbonyl (C=O) groups is 1. The van der Waals surface area contributed by atoms with Crippen molar-refractivity contribution in [2.45, 2.75) is 169 Å². The predicted molar refractivity (Wildman–Crippen MR) is 158 cm³/mol. The smallest absolute Gasteiger partial charge is 0.141 e. The van der Waals surface area contributed by atoms with Crippen molar-refractivity contribution in [2.24, 2.45) is 23.2 Å². The molecule has 0 aliphatic heterocycles. The van der Waals surface area contributed by atoms with E-state index in [1.807, 2.05) is 6.26 Å². The lowest BCUT2D eigenvalue weighted by Crippen LogP contribution is -2.27. The van der Waals surface area contributed by atoms with Crippen LogP contribution in [0.25, 0.3) is 0 Å². The molecule has 1 saturated carbocycles. The van der Waals surface area contributed by atoms with E-state index in [9.17, 15) is 4.79 Å². The maximum absolute atomic E-state index is 13.5. The van der Waals surface area contributed by atoms with Gasteiger partial charge in [-0.25, -0.2) is 0 Å². The number of ketones is 1. The molecular formula is C34H64O2. The van der Waals surface area contributed by atoms with E-state index < -0.39 is 0 Å². The summed E-state index contributed by atoms with van der Waals surface area (Å²) in [5, 5.41) is 0. The van der Waals surface area contributed by atoms with Crippen LogP contribution in [0.1, 0.15) is 169 Å². The second kappa shape index (κ2) is 21.2. The summed E-state index contributed by atoms with van der Waals surface area (Å²) >= 11 is 0. The molecule has 0 heterocycles. The molecule has 0 amide bonds. The zero-order valence-corrected chi connectivity index (χ0v) is 25.3. The van der Waals surface area contributed by atoms with Crippen LogP contribution in [-0.4, -0.2) is 12.4 Å². The van der Waals surface area contributed by atoms with Crippen LogP contribution in [0.15, 0.2) is 12.3 Å². The van der Waals surface area contributed by atoms with Gasteiger partial charge in [-0.15, -0.1) is 0 Å². The molecule has 212 valence electrons. The van der Waals surface area contributed by atoms with Crippen molar-refractivity contribution in [1.82, 2.24) is 0 Å². The van der Waals surface area contributed by atoms with Gasteiger partial charge in [-0.1, -0.05) is 150 Å². The molecule has 0 saturated heterocycles. The SMILES string of the molecule is CC/C=C/OCCCCCCC(C)(C)C(=O)C1CC1C(CCCCCCCC)CCCCCCCC. The molecule has 36 heavy (non-hydrogen) atoms. The maximum atomic E-state index is 13.5. The molecule has 2 unspecified atom stereocenters. The highest BCUT2D eigenvalue weighted by Crippen LogP contribution is 2.51. The first-order valence-corrected chi connectivity index (χ1v) is 16.3. The highest BCUT2D eigenvalue weighted by atomic mass is 16.5. The summed E-state index contributed by atoms with van der Waals surface area (Å²) in [4.78, 5) is 13.5. The number of hydrogen-bond donors (Lipinski definition) is 0. The normalized spacial score (nSPS) is 17.8. The summed E-state index contributed by atoms with van der Waals surface area (Å²) < 4.78 is 5.50. The first-order valence-electron chi connectivity index (χ1n) is 16.3. The Morgan fingerprint density at radius 3 is 1.89 bits per heavy atom. The molecule has 1 rings (SSSR count). The Labute approximate surface area is 226 Å². The van der Waals surface area contributed by atoms with Gasteiger partial charge in [0.2, 0.25) is 0 Å². The molecule has 1 aliphatic carbocycles. The lowest BCUT2D eigenvalue weighted by molar-refractivity contribution is -0.129. The fourth-order valence-corrected chi connectivity index (χ4v) is 5.95. The topological polar surface area (TPSA) is 26.3 Å². The Morgan fingerprint density at radius 2 is 1.31 bits per heavy atom. The molecule has 0 N–H and O–H groups in total. The molecule has 2 nitrogen and oxygen atoms in total. The van der Waals surface area contributed by atoms with E-state index in [4.69, 9.17) is 4.74 Å². The minimum Gasteiger partial charge on any atom is -0.502 e. The lowest BCUT2D eigenvalue weighted by Gasteiger charge is -2.24. The Kier molecular flexibility index (Phi) is 19.6. The van der Waals surface area contributed by atoms with Crippen LogP contribution in [0.3, 0.4) is 0 Å². The second-order valence-corrected chi connectivity index (χ2v) is 12.4. The third-order valence-electron chi connectivity index (χ3n) is 8.55. The summed E-state index contributed by atoms with van der Waals surface area (Å²) in [6, 6.07) is 0. The first-order chi connectivity index (χ1) is 17.5. The van der Waals surface area contributed by atoms with Gasteiger partial charge < -0.3 is 4.74 Å². The van der Waals surface area contributed by atoms with E-state index >= 15 is 0 Å². The molecule has 0 aromatic carbocycles. The zero-order valence-electron chi connectivity index (χ0n) is 25.3. The average Bonchev–Trinajstić information content (AvgIpc) is 3.66. The van der Waals surface area contributed by atoms with Gasteiger partial charge in [0.25, 0.3) is 0 Å². The van der Waals surface area contributed by atoms with Gasteiger partial charge in [0.15, 0.2) is 0 Å². The molecule has 2 atom stereocenters. The van der Waals surface area contributed by atoms with Gasteiger partial charge >= 0.3 is 0 Å². The standard InChI is InChI=1S/C34H64O2/c1-6-9-12-14-16-20-24-30(25-21-17-15-13-10-7-2)31-29-32(31)33(35)34(4,5)26-22-18-19-23-28-36-27-11-8-3/h11,27,30-32H,6-10,12-26,28-29H2,1-5H3/b27-11+. The number of Topliss-reactive ketones (excluding diaryl/α,β-unsaturated/α-hetero) is 1. The van der Waals surface area contributed by atoms with E-state index in [-0.39, 0.29) is 5.41 Å². The molecule has 0 radical (unpaired) electrons. The molecule has 0 aromatic rings. The van der Waals surface area contributed by atoms with Crippen molar-refractivity contribution >= 4 is 5.78 Å². The van der Waals surface area contributed by atoms with Crippen LogP contribution in [-0.2, 0) is 9.53 Å². The Morgan fingerprint density at radius 1 is 0.778 bits per heavy atom. The largest absolute Gasteiger partial charge is 0.502 e. The van der Waals surface area contributed by atoms with Crippen LogP contribution in [0, 0.1) is 23.2 Å². The van der Waals surface area contributed by atoms with E-state index in [1.54, 1.807) is 0 Å². The monoisotopic (exact) mass is 504 g/mol. The number of ether oxygens (including phenoxy) is 1. The minimum atomic E-state index is -0.148.